The van der Waals surface area contributed by atoms with Crippen molar-refractivity contribution in [2.45, 2.75) is 25.8 Å². The zero-order chi connectivity index (χ0) is 15.0. The maximum absolute atomic E-state index is 3.68. The molecule has 2 aromatic rings. The fraction of sp³-hybridized carbons (Fsp3) is 0.375. The van der Waals surface area contributed by atoms with Crippen molar-refractivity contribution in [1.29, 1.82) is 0 Å². The second-order valence-corrected chi connectivity index (χ2v) is 9.06. The summed E-state index contributed by atoms with van der Waals surface area (Å²) in [6.07, 6.45) is 2.72. The van der Waals surface area contributed by atoms with Gasteiger partial charge in [-0.3, -0.25) is 0 Å². The first kappa shape index (κ1) is 16.2. The Bertz CT molecular complexity index is 626. The third-order valence-electron chi connectivity index (χ3n) is 3.70. The first-order valence-corrected chi connectivity index (χ1v) is 10.3. The second kappa shape index (κ2) is 6.83. The van der Waals surface area contributed by atoms with E-state index in [0.717, 1.165) is 25.9 Å². The molecule has 5 heteroatoms. The highest BCUT2D eigenvalue weighted by Crippen LogP contribution is 2.46. The summed E-state index contributed by atoms with van der Waals surface area (Å²) in [7, 11) is 0. The summed E-state index contributed by atoms with van der Waals surface area (Å²) >= 11 is 12.8. The van der Waals surface area contributed by atoms with Crippen molar-refractivity contribution < 1.29 is 0 Å². The Morgan fingerprint density at radius 1 is 1.19 bits per heavy atom. The molecule has 1 atom stereocenters. The van der Waals surface area contributed by atoms with Crippen LogP contribution in [0, 0.1) is 5.92 Å². The van der Waals surface area contributed by atoms with Gasteiger partial charge in [-0.1, -0.05) is 54.7 Å². The Labute approximate surface area is 154 Å². The van der Waals surface area contributed by atoms with Gasteiger partial charge in [-0.15, -0.1) is 11.3 Å². The van der Waals surface area contributed by atoms with Crippen molar-refractivity contribution in [3.8, 4) is 10.4 Å². The molecule has 0 spiro atoms. The molecule has 1 nitrogen and oxygen atoms in total. The minimum atomic E-state index is 0.529. The highest BCUT2D eigenvalue weighted by molar-refractivity contribution is 9.11. The van der Waals surface area contributed by atoms with Gasteiger partial charge in [0, 0.05) is 34.8 Å². The van der Waals surface area contributed by atoms with E-state index in [1.165, 1.54) is 28.2 Å². The van der Waals surface area contributed by atoms with E-state index in [4.69, 9.17) is 0 Å². The number of thiophene rings is 1. The summed E-state index contributed by atoms with van der Waals surface area (Å²) in [6, 6.07) is 9.25. The number of hydrogen-bond acceptors (Lipinski definition) is 2. The van der Waals surface area contributed by atoms with E-state index in [2.05, 4.69) is 84.3 Å². The molecule has 1 aromatic carbocycles. The van der Waals surface area contributed by atoms with Crippen molar-refractivity contribution in [2.24, 2.45) is 5.92 Å². The summed E-state index contributed by atoms with van der Waals surface area (Å²) in [5.41, 5.74) is 1.24. The summed E-state index contributed by atoms with van der Waals surface area (Å²) in [5.74, 6) is 0.827. The molecule has 1 aliphatic rings. The van der Waals surface area contributed by atoms with E-state index >= 15 is 0 Å². The lowest BCUT2D eigenvalue weighted by atomic mass is 10.1. The monoisotopic (exact) mass is 491 g/mol. The van der Waals surface area contributed by atoms with Crippen LogP contribution in [0.15, 0.2) is 37.7 Å². The van der Waals surface area contributed by atoms with E-state index in [9.17, 15) is 0 Å². The molecule has 0 bridgehead atoms. The van der Waals surface area contributed by atoms with Gasteiger partial charge >= 0.3 is 0 Å². The van der Waals surface area contributed by atoms with Crippen LogP contribution in [0.4, 0.5) is 0 Å². The van der Waals surface area contributed by atoms with Crippen LogP contribution < -0.4 is 5.32 Å². The maximum atomic E-state index is 3.68. The molecule has 0 aliphatic heterocycles. The smallest absolute Gasteiger partial charge is 0.0443 e. The molecule has 1 heterocycles. The third-order valence-corrected chi connectivity index (χ3v) is 6.60. The van der Waals surface area contributed by atoms with Gasteiger partial charge in [0.15, 0.2) is 0 Å². The van der Waals surface area contributed by atoms with Crippen LogP contribution >= 0.6 is 59.1 Å². The fourth-order valence-electron chi connectivity index (χ4n) is 2.58. The van der Waals surface area contributed by atoms with Crippen molar-refractivity contribution in [3.05, 3.63) is 42.6 Å². The fourth-order valence-corrected chi connectivity index (χ4v) is 6.78. The van der Waals surface area contributed by atoms with Crippen LogP contribution in [-0.2, 0) is 0 Å². The molecular weight excluding hydrogens is 478 g/mol. The molecule has 112 valence electrons. The molecular formula is C16H16Br3NS. The van der Waals surface area contributed by atoms with E-state index in [0.29, 0.717) is 6.04 Å². The largest absolute Gasteiger partial charge is 0.309 e. The second-order valence-electron chi connectivity index (χ2n) is 5.32. The Morgan fingerprint density at radius 3 is 2.43 bits per heavy atom. The quantitative estimate of drug-likeness (QED) is 0.485. The lowest BCUT2D eigenvalue weighted by molar-refractivity contribution is 0.504. The van der Waals surface area contributed by atoms with Gasteiger partial charge < -0.3 is 5.32 Å². The number of hydrogen-bond donors (Lipinski definition) is 1. The molecule has 0 amide bonds. The lowest BCUT2D eigenvalue weighted by Gasteiger charge is -2.15. The molecule has 0 saturated heterocycles. The average molecular weight is 494 g/mol. The van der Waals surface area contributed by atoms with E-state index < -0.39 is 0 Å². The zero-order valence-corrected chi connectivity index (χ0v) is 17.2. The van der Waals surface area contributed by atoms with Crippen LogP contribution in [0.5, 0.6) is 0 Å². The Kier molecular flexibility index (Phi) is 5.27. The van der Waals surface area contributed by atoms with E-state index in [-0.39, 0.29) is 0 Å². The van der Waals surface area contributed by atoms with E-state index in [1.807, 2.05) is 11.3 Å². The highest BCUT2D eigenvalue weighted by atomic mass is 79.9. The molecule has 21 heavy (non-hydrogen) atoms. The minimum Gasteiger partial charge on any atom is -0.309 e. The number of rotatable bonds is 5. The predicted molar refractivity (Wildman–Crippen MR) is 102 cm³/mol. The topological polar surface area (TPSA) is 12.0 Å². The lowest BCUT2D eigenvalue weighted by Crippen LogP contribution is -2.21. The van der Waals surface area contributed by atoms with Gasteiger partial charge in [0.1, 0.15) is 0 Å². The van der Waals surface area contributed by atoms with Gasteiger partial charge in [0.25, 0.3) is 0 Å². The van der Waals surface area contributed by atoms with Crippen molar-refractivity contribution in [2.75, 3.05) is 6.54 Å². The van der Waals surface area contributed by atoms with Gasteiger partial charge in [0.05, 0.1) is 0 Å². The summed E-state index contributed by atoms with van der Waals surface area (Å²) < 4.78 is 3.30. The first-order valence-electron chi connectivity index (χ1n) is 7.08. The summed E-state index contributed by atoms with van der Waals surface area (Å²) in [5, 5.41) is 3.64. The predicted octanol–water partition coefficient (Wildman–Crippen LogP) is 6.76. The first-order chi connectivity index (χ1) is 10.1. The molecule has 1 aromatic heterocycles. The maximum Gasteiger partial charge on any atom is 0.0443 e. The molecule has 1 aliphatic carbocycles. The van der Waals surface area contributed by atoms with Gasteiger partial charge in [-0.25, -0.2) is 0 Å². The number of halogens is 3. The van der Waals surface area contributed by atoms with Crippen molar-refractivity contribution in [3.63, 3.8) is 0 Å². The van der Waals surface area contributed by atoms with Crippen LogP contribution in [0.1, 0.15) is 30.7 Å². The summed E-state index contributed by atoms with van der Waals surface area (Å²) in [6.45, 7) is 3.21. The van der Waals surface area contributed by atoms with Crippen molar-refractivity contribution in [1.82, 2.24) is 5.32 Å². The number of nitrogens with one attached hydrogen (secondary N) is 1. The molecule has 1 saturated carbocycles. The zero-order valence-electron chi connectivity index (χ0n) is 11.6. The van der Waals surface area contributed by atoms with E-state index in [1.54, 1.807) is 0 Å². The Morgan fingerprint density at radius 2 is 1.86 bits per heavy atom. The standard InChI is InChI=1S/C16H16Br3NS/c1-2-20-16(9-3-4-9)14-6-5-13(21-14)15-11(18)7-10(17)8-12(15)19/h5-9,16,20H,2-4H2,1H3. The minimum absolute atomic E-state index is 0.529. The van der Waals surface area contributed by atoms with Gasteiger partial charge in [-0.05, 0) is 49.6 Å². The van der Waals surface area contributed by atoms with Gasteiger partial charge in [0.2, 0.25) is 0 Å². The van der Waals surface area contributed by atoms with Crippen LogP contribution in [0.2, 0.25) is 0 Å². The summed E-state index contributed by atoms with van der Waals surface area (Å²) in [4.78, 5) is 2.76. The molecule has 0 radical (unpaired) electrons. The normalized spacial score (nSPS) is 16.2. The Hall–Kier alpha value is 0.320. The molecule has 3 rings (SSSR count). The molecule has 1 N–H and O–H groups in total. The van der Waals surface area contributed by atoms with Gasteiger partial charge in [-0.2, -0.15) is 0 Å². The Balaban J connectivity index is 1.94. The highest BCUT2D eigenvalue weighted by Gasteiger charge is 2.32. The third kappa shape index (κ3) is 3.63. The average Bonchev–Trinajstić information content (AvgIpc) is 3.14. The van der Waals surface area contributed by atoms with Crippen molar-refractivity contribution >= 4 is 59.1 Å². The SMILES string of the molecule is CCNC(c1ccc(-c2c(Br)cc(Br)cc2Br)s1)C1CC1. The van der Waals surface area contributed by atoms with Crippen LogP contribution in [0.25, 0.3) is 10.4 Å². The van der Waals surface area contributed by atoms with Crippen LogP contribution in [-0.4, -0.2) is 6.54 Å². The number of benzene rings is 1. The molecule has 1 unspecified atom stereocenters. The van der Waals surface area contributed by atoms with Crippen LogP contribution in [0.3, 0.4) is 0 Å². The molecule has 1 fully saturated rings.